The molecule has 0 rings (SSSR count). The predicted molar refractivity (Wildman–Crippen MR) is 435 cm³/mol. The molecular weight excluding hydrogens is 1360 g/mol. The quantitative estimate of drug-likeness (QED) is 0.0146. The van der Waals surface area contributed by atoms with Crippen LogP contribution in [0.15, 0.2) is 170 Å². The van der Waals surface area contributed by atoms with Gasteiger partial charge in [-0.3, -0.25) is 32.5 Å². The van der Waals surface area contributed by atoms with Gasteiger partial charge in [-0.1, -0.05) is 306 Å². The lowest BCUT2D eigenvalue weighted by atomic mass is 10.0. The van der Waals surface area contributed by atoms with E-state index >= 15 is 0 Å². The van der Waals surface area contributed by atoms with Crippen molar-refractivity contribution >= 4 is 33.6 Å². The SMILES string of the molecule is CC/C=C\C/C=C\C/C=C\C/C=C\C/C=C\CCCCCCCCCCCCCCCCCC(=O)OCC(O)COP(=O)(O)OCC(O)COP(=O)(O)OCC(COC(=O)CCCCC/C=C\C/C=C\C/C=C\C/C=C\C/C=C\CC)OC(=O)CCCCCCCC/C=C\C/C=C\C/C=C\C/C=C\CC. The first-order valence-corrected chi connectivity index (χ1v) is 43.4. The first kappa shape index (κ1) is 99.9. The van der Waals surface area contributed by atoms with Crippen LogP contribution in [0.25, 0.3) is 0 Å². The normalized spacial score (nSPS) is 14.8. The third-order valence-electron chi connectivity index (χ3n) is 16.4. The van der Waals surface area contributed by atoms with E-state index in [1.807, 2.05) is 0 Å². The Kier molecular flexibility index (Phi) is 74.7. The number of phosphoric acid groups is 2. The molecule has 0 aromatic carbocycles. The van der Waals surface area contributed by atoms with Gasteiger partial charge in [-0.25, -0.2) is 9.13 Å². The van der Waals surface area contributed by atoms with Crippen molar-refractivity contribution in [2.24, 2.45) is 0 Å². The highest BCUT2D eigenvalue weighted by Gasteiger charge is 2.29. The Morgan fingerprint density at radius 2 is 0.476 bits per heavy atom. The van der Waals surface area contributed by atoms with Gasteiger partial charge in [0.15, 0.2) is 6.10 Å². The van der Waals surface area contributed by atoms with Crippen molar-refractivity contribution in [1.82, 2.24) is 0 Å². The molecule has 0 aliphatic heterocycles. The molecule has 18 heteroatoms. The molecule has 0 saturated carbocycles. The number of aliphatic hydroxyl groups is 2. The van der Waals surface area contributed by atoms with Crippen molar-refractivity contribution in [2.75, 3.05) is 39.6 Å². The number of rotatable bonds is 75. The smallest absolute Gasteiger partial charge is 0.463 e. The molecule has 0 aliphatic rings. The van der Waals surface area contributed by atoms with Gasteiger partial charge in [0.05, 0.1) is 26.4 Å². The number of carbonyl (C=O) groups excluding carboxylic acids is 3. The Bertz CT molecular complexity index is 2590. The number of unbranched alkanes of at least 4 members (excludes halogenated alkanes) is 24. The topological polar surface area (TPSA) is 231 Å². The number of carbonyl (C=O) groups is 3. The van der Waals surface area contributed by atoms with E-state index in [9.17, 15) is 43.5 Å². The summed E-state index contributed by atoms with van der Waals surface area (Å²) < 4.78 is 61.2. The molecule has 0 fully saturated rings. The van der Waals surface area contributed by atoms with Crippen LogP contribution >= 0.6 is 15.6 Å². The van der Waals surface area contributed by atoms with Gasteiger partial charge >= 0.3 is 33.6 Å². The van der Waals surface area contributed by atoms with Crippen molar-refractivity contribution < 1.29 is 75.8 Å². The number of ether oxygens (including phenoxy) is 3. The van der Waals surface area contributed by atoms with E-state index in [-0.39, 0.29) is 19.3 Å². The molecule has 0 saturated heterocycles. The maximum Gasteiger partial charge on any atom is 0.472 e. The minimum absolute atomic E-state index is 0.0751. The van der Waals surface area contributed by atoms with Crippen LogP contribution in [0.4, 0.5) is 0 Å². The van der Waals surface area contributed by atoms with E-state index in [2.05, 4.69) is 191 Å². The highest BCUT2D eigenvalue weighted by molar-refractivity contribution is 7.47. The minimum atomic E-state index is -4.95. The number of esters is 3. The fourth-order valence-electron chi connectivity index (χ4n) is 10.4. The number of hydrogen-bond donors (Lipinski definition) is 4. The first-order chi connectivity index (χ1) is 51.2. The fraction of sp³-hybridized carbons (Fsp3) is 0.644. The van der Waals surface area contributed by atoms with Gasteiger partial charge in [0.1, 0.15) is 25.4 Å². The van der Waals surface area contributed by atoms with Crippen molar-refractivity contribution in [3.8, 4) is 0 Å². The molecule has 5 unspecified atom stereocenters. The van der Waals surface area contributed by atoms with Crippen molar-refractivity contribution in [2.45, 2.75) is 322 Å². The molecule has 0 radical (unpaired) electrons. The van der Waals surface area contributed by atoms with Gasteiger partial charge in [0, 0.05) is 19.3 Å². The van der Waals surface area contributed by atoms with Crippen LogP contribution in [-0.4, -0.2) is 95.9 Å². The standard InChI is InChI=1S/C87H144O16P2/c1-4-7-10-13-16-19-22-25-28-31-34-35-36-37-38-39-40-41-42-43-44-45-48-50-52-55-58-61-64-67-70-73-85(90)97-76-82(88)77-99-104(93,94)100-78-83(89)79-101-105(95,96)102-81-84(103-87(92)75-72-69-66-63-60-57-54-51-47-33-30-27-24-21-18-15-12-9-6-3)80-98-86(91)74-71-68-65-62-59-56-53-49-46-32-29-26-23-20-17-14-11-8-5-2/h7-12,16-21,25-30,34-35,37-38,46-47,49,51,56,59,82-84,88-89H,4-6,13-15,22-24,31-33,36,39-45,48,50,52-55,57-58,60-81H2,1-3H3,(H,93,94)(H,95,96)/b10-7-,11-8-,12-9-,19-16-,20-17-,21-18-,28-25-,29-26-,30-27-,35-34-,38-37-,49-46-,51-47-,59-56-. The third kappa shape index (κ3) is 79.8. The Morgan fingerprint density at radius 1 is 0.267 bits per heavy atom. The van der Waals surface area contributed by atoms with E-state index in [1.54, 1.807) is 0 Å². The van der Waals surface area contributed by atoms with Gasteiger partial charge in [0.25, 0.3) is 0 Å². The van der Waals surface area contributed by atoms with Crippen LogP contribution < -0.4 is 0 Å². The van der Waals surface area contributed by atoms with Crippen LogP contribution in [0.3, 0.4) is 0 Å². The van der Waals surface area contributed by atoms with E-state index < -0.39 is 91.5 Å². The summed E-state index contributed by atoms with van der Waals surface area (Å²) in [7, 11) is -9.82. The van der Waals surface area contributed by atoms with Gasteiger partial charge < -0.3 is 34.2 Å². The molecular formula is C87H144O16P2. The molecule has 0 aromatic heterocycles. The highest BCUT2D eigenvalue weighted by atomic mass is 31.2. The second-order valence-electron chi connectivity index (χ2n) is 26.4. The lowest BCUT2D eigenvalue weighted by molar-refractivity contribution is -0.161. The number of hydrogen-bond acceptors (Lipinski definition) is 14. The summed E-state index contributed by atoms with van der Waals surface area (Å²) >= 11 is 0. The van der Waals surface area contributed by atoms with Gasteiger partial charge in [0.2, 0.25) is 0 Å². The number of aliphatic hydroxyl groups excluding tert-OH is 2. The molecule has 0 bridgehead atoms. The van der Waals surface area contributed by atoms with Gasteiger partial charge in [-0.15, -0.1) is 0 Å². The van der Waals surface area contributed by atoms with Crippen LogP contribution in [0, 0.1) is 0 Å². The van der Waals surface area contributed by atoms with Crippen LogP contribution in [0.2, 0.25) is 0 Å². The van der Waals surface area contributed by atoms with Crippen LogP contribution in [0.1, 0.15) is 303 Å². The van der Waals surface area contributed by atoms with Gasteiger partial charge in [-0.2, -0.15) is 0 Å². The largest absolute Gasteiger partial charge is 0.472 e. The molecule has 4 N–H and O–H groups in total. The lowest BCUT2D eigenvalue weighted by Crippen LogP contribution is -2.30. The Morgan fingerprint density at radius 3 is 0.762 bits per heavy atom. The highest BCUT2D eigenvalue weighted by Crippen LogP contribution is 2.45. The number of allylic oxidation sites excluding steroid dienone is 28. The second-order valence-corrected chi connectivity index (χ2v) is 29.3. The molecule has 16 nitrogen and oxygen atoms in total. The molecule has 0 spiro atoms. The zero-order valence-corrected chi connectivity index (χ0v) is 67.1. The molecule has 0 aliphatic carbocycles. The maximum absolute atomic E-state index is 13.0. The summed E-state index contributed by atoms with van der Waals surface area (Å²) in [6, 6.07) is 0. The Labute approximate surface area is 637 Å². The summed E-state index contributed by atoms with van der Waals surface area (Å²) in [6.07, 6.45) is 99.7. The Hall–Kier alpha value is -5.09. The molecule has 598 valence electrons. The van der Waals surface area contributed by atoms with Crippen LogP contribution in [-0.2, 0) is 55.8 Å². The number of phosphoric ester groups is 2. The van der Waals surface area contributed by atoms with Crippen LogP contribution in [0.5, 0.6) is 0 Å². The zero-order chi connectivity index (χ0) is 76.6. The van der Waals surface area contributed by atoms with Crippen molar-refractivity contribution in [3.05, 3.63) is 170 Å². The molecule has 0 heterocycles. The minimum Gasteiger partial charge on any atom is -0.463 e. The predicted octanol–water partition coefficient (Wildman–Crippen LogP) is 24.0. The first-order valence-electron chi connectivity index (χ1n) is 40.4. The van der Waals surface area contributed by atoms with E-state index in [1.165, 1.54) is 77.0 Å². The molecule has 0 aromatic rings. The summed E-state index contributed by atoms with van der Waals surface area (Å²) in [4.78, 5) is 58.7. The van der Waals surface area contributed by atoms with Crippen molar-refractivity contribution in [1.29, 1.82) is 0 Å². The molecule has 105 heavy (non-hydrogen) atoms. The van der Waals surface area contributed by atoms with E-state index in [0.717, 1.165) is 167 Å². The fourth-order valence-corrected chi connectivity index (χ4v) is 12.0. The third-order valence-corrected chi connectivity index (χ3v) is 18.3. The monoisotopic (exact) mass is 1510 g/mol. The lowest BCUT2D eigenvalue weighted by Gasteiger charge is -2.21. The molecule has 5 atom stereocenters. The average Bonchev–Trinajstić information content (AvgIpc) is 0.915. The van der Waals surface area contributed by atoms with Crippen molar-refractivity contribution in [3.63, 3.8) is 0 Å². The molecule has 0 amide bonds. The zero-order valence-electron chi connectivity index (χ0n) is 65.3. The maximum atomic E-state index is 13.0. The van der Waals surface area contributed by atoms with E-state index in [4.69, 9.17) is 32.3 Å². The summed E-state index contributed by atoms with van der Waals surface area (Å²) in [6.45, 7) is 2.28. The average molecular weight is 1510 g/mol. The summed E-state index contributed by atoms with van der Waals surface area (Å²) in [5, 5.41) is 20.7. The van der Waals surface area contributed by atoms with Gasteiger partial charge in [-0.05, 0) is 148 Å². The summed E-state index contributed by atoms with van der Waals surface area (Å²) in [5.74, 6) is -1.63. The second kappa shape index (κ2) is 78.5. The Balaban J connectivity index is 4.57. The summed E-state index contributed by atoms with van der Waals surface area (Å²) in [5.41, 5.74) is 0. The van der Waals surface area contributed by atoms with E-state index in [0.29, 0.717) is 19.3 Å².